The molecule has 1 amide bonds. The maximum atomic E-state index is 12.7. The molecule has 2 heterocycles. The highest BCUT2D eigenvalue weighted by molar-refractivity contribution is 7.16. The fourth-order valence-electron chi connectivity index (χ4n) is 3.93. The van der Waals surface area contributed by atoms with Crippen molar-refractivity contribution in [3.63, 3.8) is 0 Å². The van der Waals surface area contributed by atoms with Crippen LogP contribution in [0.1, 0.15) is 53.6 Å². The van der Waals surface area contributed by atoms with E-state index in [0.717, 1.165) is 29.0 Å². The average Bonchev–Trinajstić information content (AvgIpc) is 2.98. The predicted molar refractivity (Wildman–Crippen MR) is 110 cm³/mol. The molecule has 26 heavy (non-hydrogen) atoms. The SMILES string of the molecule is CC(C)(C)[C@H]1CCc2c(sc3c2C(=O)N[C@H](/C=C/c2ccccc2)N3)C1. The predicted octanol–water partition coefficient (Wildman–Crippen LogP) is 5.09. The molecule has 1 aromatic heterocycles. The Kier molecular flexibility index (Phi) is 4.39. The summed E-state index contributed by atoms with van der Waals surface area (Å²) in [4.78, 5) is 14.1. The lowest BCUT2D eigenvalue weighted by molar-refractivity contribution is 0.0942. The molecule has 0 fully saturated rings. The molecule has 0 saturated carbocycles. The molecule has 0 saturated heterocycles. The van der Waals surface area contributed by atoms with Crippen LogP contribution < -0.4 is 10.6 Å². The first-order valence-corrected chi connectivity index (χ1v) is 10.2. The lowest BCUT2D eigenvalue weighted by Crippen LogP contribution is -2.43. The van der Waals surface area contributed by atoms with E-state index >= 15 is 0 Å². The molecular weight excluding hydrogens is 340 g/mol. The van der Waals surface area contributed by atoms with Crippen LogP contribution in [0.15, 0.2) is 36.4 Å². The first-order chi connectivity index (χ1) is 12.4. The van der Waals surface area contributed by atoms with Crippen molar-refractivity contribution < 1.29 is 4.79 Å². The van der Waals surface area contributed by atoms with Crippen molar-refractivity contribution in [2.75, 3.05) is 5.32 Å². The summed E-state index contributed by atoms with van der Waals surface area (Å²) in [6.07, 6.45) is 7.19. The lowest BCUT2D eigenvalue weighted by atomic mass is 9.72. The highest BCUT2D eigenvalue weighted by Gasteiger charge is 2.35. The van der Waals surface area contributed by atoms with Crippen molar-refractivity contribution in [3.8, 4) is 0 Å². The zero-order chi connectivity index (χ0) is 18.3. The third kappa shape index (κ3) is 3.30. The van der Waals surface area contributed by atoms with Crippen LogP contribution in [-0.2, 0) is 12.8 Å². The molecule has 2 atom stereocenters. The van der Waals surface area contributed by atoms with Crippen molar-refractivity contribution in [1.82, 2.24) is 5.32 Å². The van der Waals surface area contributed by atoms with E-state index in [1.807, 2.05) is 30.4 Å². The van der Waals surface area contributed by atoms with Gasteiger partial charge in [0.15, 0.2) is 0 Å². The molecule has 2 aliphatic rings. The van der Waals surface area contributed by atoms with Crippen molar-refractivity contribution in [2.45, 2.75) is 46.2 Å². The first-order valence-electron chi connectivity index (χ1n) is 9.37. The van der Waals surface area contributed by atoms with Crippen LogP contribution in [0.4, 0.5) is 5.00 Å². The van der Waals surface area contributed by atoms with Crippen molar-refractivity contribution in [1.29, 1.82) is 0 Å². The summed E-state index contributed by atoms with van der Waals surface area (Å²) in [5, 5.41) is 7.64. The third-order valence-electron chi connectivity index (χ3n) is 5.57. The van der Waals surface area contributed by atoms with Crippen LogP contribution in [-0.4, -0.2) is 12.1 Å². The van der Waals surface area contributed by atoms with Gasteiger partial charge in [-0.1, -0.05) is 57.2 Å². The Morgan fingerprint density at radius 2 is 1.92 bits per heavy atom. The molecule has 136 valence electrons. The van der Waals surface area contributed by atoms with E-state index < -0.39 is 0 Å². The zero-order valence-electron chi connectivity index (χ0n) is 15.6. The number of carbonyl (C=O) groups is 1. The van der Waals surface area contributed by atoms with E-state index in [1.54, 1.807) is 11.3 Å². The number of carbonyl (C=O) groups excluding carboxylic acids is 1. The van der Waals surface area contributed by atoms with E-state index in [-0.39, 0.29) is 12.1 Å². The van der Waals surface area contributed by atoms with Gasteiger partial charge in [-0.05, 0) is 47.8 Å². The van der Waals surface area contributed by atoms with Gasteiger partial charge < -0.3 is 10.6 Å². The van der Waals surface area contributed by atoms with Gasteiger partial charge in [-0.15, -0.1) is 11.3 Å². The van der Waals surface area contributed by atoms with Gasteiger partial charge in [-0.25, -0.2) is 0 Å². The summed E-state index contributed by atoms with van der Waals surface area (Å²) >= 11 is 1.78. The van der Waals surface area contributed by atoms with Crippen molar-refractivity contribution >= 4 is 28.3 Å². The minimum Gasteiger partial charge on any atom is -0.353 e. The molecule has 4 heteroatoms. The Hall–Kier alpha value is -2.07. The van der Waals surface area contributed by atoms with Crippen molar-refractivity contribution in [2.24, 2.45) is 11.3 Å². The summed E-state index contributed by atoms with van der Waals surface area (Å²) in [6, 6.07) is 10.2. The molecule has 1 aliphatic carbocycles. The molecule has 0 unspecified atom stereocenters. The van der Waals surface area contributed by atoms with E-state index in [1.165, 1.54) is 16.9 Å². The number of benzene rings is 1. The second-order valence-electron chi connectivity index (χ2n) is 8.38. The van der Waals surface area contributed by atoms with Gasteiger partial charge in [0.25, 0.3) is 5.91 Å². The zero-order valence-corrected chi connectivity index (χ0v) is 16.5. The molecule has 0 bridgehead atoms. The van der Waals surface area contributed by atoms with Gasteiger partial charge in [0.05, 0.1) is 5.56 Å². The Morgan fingerprint density at radius 1 is 1.15 bits per heavy atom. The van der Waals surface area contributed by atoms with E-state index in [4.69, 9.17) is 0 Å². The van der Waals surface area contributed by atoms with Gasteiger partial charge >= 0.3 is 0 Å². The highest BCUT2D eigenvalue weighted by atomic mass is 32.1. The number of thiophene rings is 1. The number of amides is 1. The molecule has 3 nitrogen and oxygen atoms in total. The van der Waals surface area contributed by atoms with Gasteiger partial charge in [0.2, 0.25) is 0 Å². The second-order valence-corrected chi connectivity index (χ2v) is 9.48. The van der Waals surface area contributed by atoms with Crippen LogP contribution in [0.2, 0.25) is 0 Å². The summed E-state index contributed by atoms with van der Waals surface area (Å²) in [5.41, 5.74) is 3.62. The number of fused-ring (bicyclic) bond motifs is 3. The lowest BCUT2D eigenvalue weighted by Gasteiger charge is -2.34. The van der Waals surface area contributed by atoms with E-state index in [9.17, 15) is 4.79 Å². The number of hydrogen-bond acceptors (Lipinski definition) is 3. The molecule has 4 rings (SSSR count). The maximum absolute atomic E-state index is 12.7. The minimum atomic E-state index is -0.159. The Balaban J connectivity index is 1.56. The molecule has 0 radical (unpaired) electrons. The molecule has 0 spiro atoms. The van der Waals surface area contributed by atoms with Crippen LogP contribution in [0.5, 0.6) is 0 Å². The fraction of sp³-hybridized carbons (Fsp3) is 0.409. The van der Waals surface area contributed by atoms with Gasteiger partial charge in [0, 0.05) is 4.88 Å². The van der Waals surface area contributed by atoms with E-state index in [2.05, 4.69) is 43.5 Å². The number of nitrogens with one attached hydrogen (secondary N) is 2. The van der Waals surface area contributed by atoms with Crippen LogP contribution in [0.25, 0.3) is 6.08 Å². The average molecular weight is 367 g/mol. The Morgan fingerprint density at radius 3 is 2.65 bits per heavy atom. The number of anilines is 1. The molecule has 1 aliphatic heterocycles. The summed E-state index contributed by atoms with van der Waals surface area (Å²) in [5.74, 6) is 0.750. The Bertz CT molecular complexity index is 845. The normalized spacial score (nSPS) is 22.5. The molecular formula is C22H26N2OS. The van der Waals surface area contributed by atoms with E-state index in [0.29, 0.717) is 11.3 Å². The topological polar surface area (TPSA) is 41.1 Å². The van der Waals surface area contributed by atoms with Crippen molar-refractivity contribution in [3.05, 3.63) is 58.0 Å². The summed E-state index contributed by atoms with van der Waals surface area (Å²) in [6.45, 7) is 6.97. The summed E-state index contributed by atoms with van der Waals surface area (Å²) in [7, 11) is 0. The maximum Gasteiger partial charge on any atom is 0.256 e. The van der Waals surface area contributed by atoms with Gasteiger partial charge in [-0.3, -0.25) is 4.79 Å². The Labute approximate surface area is 159 Å². The molecule has 2 N–H and O–H groups in total. The highest BCUT2D eigenvalue weighted by Crippen LogP contribution is 2.45. The molecule has 1 aromatic carbocycles. The van der Waals surface area contributed by atoms with Crippen LogP contribution >= 0.6 is 11.3 Å². The largest absolute Gasteiger partial charge is 0.353 e. The number of rotatable bonds is 2. The fourth-order valence-corrected chi connectivity index (χ4v) is 5.29. The van der Waals surface area contributed by atoms with Crippen LogP contribution in [0, 0.1) is 11.3 Å². The number of hydrogen-bond donors (Lipinski definition) is 2. The second kappa shape index (κ2) is 6.58. The molecule has 2 aromatic rings. The quantitative estimate of drug-likeness (QED) is 0.777. The van der Waals surface area contributed by atoms with Gasteiger partial charge in [0.1, 0.15) is 11.2 Å². The minimum absolute atomic E-state index is 0.0631. The third-order valence-corrected chi connectivity index (χ3v) is 6.76. The standard InChI is InChI=1S/C22H26N2OS/c1-22(2,3)15-10-11-16-17(13-15)26-21-19(16)20(25)23-18(24-21)12-9-14-7-5-4-6-8-14/h4-9,12,15,18,24H,10-11,13H2,1-3H3,(H,23,25)/b12-9+/t15-,18-/m0/s1. The smallest absolute Gasteiger partial charge is 0.256 e. The summed E-state index contributed by atoms with van der Waals surface area (Å²) < 4.78 is 0. The van der Waals surface area contributed by atoms with Gasteiger partial charge in [-0.2, -0.15) is 0 Å². The monoisotopic (exact) mass is 366 g/mol. The van der Waals surface area contributed by atoms with Crippen LogP contribution in [0.3, 0.4) is 0 Å². The first kappa shape index (κ1) is 17.3.